The molecule has 0 amide bonds. The summed E-state index contributed by atoms with van der Waals surface area (Å²) < 4.78 is 4.95. The standard InChI is InChI=1S/C11H21N5O2/c1-3-16(5-6-17)11-9(12)10(14-8-15-11)13-4-7-18-2/h8,17H,3-7,12H2,1-2H3,(H,13,14,15). The molecular weight excluding hydrogens is 234 g/mol. The minimum Gasteiger partial charge on any atom is -0.395 e. The van der Waals surface area contributed by atoms with E-state index in [2.05, 4.69) is 15.3 Å². The fourth-order valence-electron chi connectivity index (χ4n) is 1.59. The van der Waals surface area contributed by atoms with Gasteiger partial charge in [0.15, 0.2) is 11.6 Å². The van der Waals surface area contributed by atoms with Gasteiger partial charge in [0.05, 0.1) is 13.2 Å². The van der Waals surface area contributed by atoms with Crippen LogP contribution in [0.25, 0.3) is 0 Å². The Bertz CT molecular complexity index is 361. The van der Waals surface area contributed by atoms with E-state index in [1.54, 1.807) is 7.11 Å². The van der Waals surface area contributed by atoms with E-state index in [0.29, 0.717) is 37.0 Å². The highest BCUT2D eigenvalue weighted by Gasteiger charge is 2.13. The fraction of sp³-hybridized carbons (Fsp3) is 0.636. The van der Waals surface area contributed by atoms with Crippen molar-refractivity contribution in [1.29, 1.82) is 0 Å². The SMILES string of the molecule is CCN(CCO)c1ncnc(NCCOC)c1N. The van der Waals surface area contributed by atoms with Gasteiger partial charge in [-0.05, 0) is 6.92 Å². The van der Waals surface area contributed by atoms with Crippen molar-refractivity contribution in [2.24, 2.45) is 0 Å². The van der Waals surface area contributed by atoms with Crippen LogP contribution >= 0.6 is 0 Å². The molecule has 0 fully saturated rings. The Kier molecular flexibility index (Phi) is 6.16. The van der Waals surface area contributed by atoms with Crippen molar-refractivity contribution in [2.45, 2.75) is 6.92 Å². The van der Waals surface area contributed by atoms with Crippen LogP contribution in [0.15, 0.2) is 6.33 Å². The zero-order valence-electron chi connectivity index (χ0n) is 10.9. The molecule has 0 aromatic carbocycles. The molecule has 7 heteroatoms. The molecular formula is C11H21N5O2. The average molecular weight is 255 g/mol. The summed E-state index contributed by atoms with van der Waals surface area (Å²) in [5.74, 6) is 1.23. The minimum absolute atomic E-state index is 0.0592. The van der Waals surface area contributed by atoms with Crippen LogP contribution in [0.1, 0.15) is 6.92 Å². The molecule has 4 N–H and O–H groups in total. The van der Waals surface area contributed by atoms with Gasteiger partial charge in [-0.15, -0.1) is 0 Å². The largest absolute Gasteiger partial charge is 0.395 e. The number of aliphatic hydroxyl groups excluding tert-OH is 1. The number of aromatic nitrogens is 2. The molecule has 1 aromatic heterocycles. The van der Waals surface area contributed by atoms with Crippen LogP contribution in [-0.2, 0) is 4.74 Å². The predicted octanol–water partition coefficient (Wildman–Crippen LogP) is -0.0643. The molecule has 0 spiro atoms. The van der Waals surface area contributed by atoms with Crippen molar-refractivity contribution < 1.29 is 9.84 Å². The first-order valence-electron chi connectivity index (χ1n) is 5.93. The number of likely N-dealkylation sites (N-methyl/N-ethyl adjacent to an activating group) is 1. The fourth-order valence-corrected chi connectivity index (χ4v) is 1.59. The van der Waals surface area contributed by atoms with E-state index in [4.69, 9.17) is 15.6 Å². The van der Waals surface area contributed by atoms with Gasteiger partial charge in [0.2, 0.25) is 0 Å². The molecule has 102 valence electrons. The Hall–Kier alpha value is -1.60. The van der Waals surface area contributed by atoms with Crippen molar-refractivity contribution in [1.82, 2.24) is 9.97 Å². The molecule has 0 saturated carbocycles. The number of nitrogens with one attached hydrogen (secondary N) is 1. The first kappa shape index (κ1) is 14.5. The van der Waals surface area contributed by atoms with Gasteiger partial charge in [-0.1, -0.05) is 0 Å². The molecule has 0 saturated heterocycles. The van der Waals surface area contributed by atoms with E-state index < -0.39 is 0 Å². The zero-order valence-corrected chi connectivity index (χ0v) is 10.9. The number of aliphatic hydroxyl groups is 1. The van der Waals surface area contributed by atoms with Gasteiger partial charge < -0.3 is 25.8 Å². The first-order valence-corrected chi connectivity index (χ1v) is 5.93. The third-order valence-electron chi connectivity index (χ3n) is 2.51. The molecule has 1 rings (SSSR count). The third-order valence-corrected chi connectivity index (χ3v) is 2.51. The second kappa shape index (κ2) is 7.67. The van der Waals surface area contributed by atoms with E-state index in [0.717, 1.165) is 6.54 Å². The topological polar surface area (TPSA) is 96.5 Å². The lowest BCUT2D eigenvalue weighted by Gasteiger charge is -2.23. The van der Waals surface area contributed by atoms with E-state index in [-0.39, 0.29) is 6.61 Å². The van der Waals surface area contributed by atoms with Crippen LogP contribution in [0.4, 0.5) is 17.3 Å². The summed E-state index contributed by atoms with van der Waals surface area (Å²) in [5, 5.41) is 12.1. The Balaban J connectivity index is 2.82. The Labute approximate surface area is 107 Å². The van der Waals surface area contributed by atoms with Crippen LogP contribution in [0, 0.1) is 0 Å². The molecule has 1 aromatic rings. The van der Waals surface area contributed by atoms with Crippen molar-refractivity contribution in [3.8, 4) is 0 Å². The van der Waals surface area contributed by atoms with Crippen LogP contribution in [0.2, 0.25) is 0 Å². The molecule has 0 atom stereocenters. The quantitative estimate of drug-likeness (QED) is 0.560. The maximum Gasteiger partial charge on any atom is 0.157 e. The number of nitrogens with zero attached hydrogens (tertiary/aromatic N) is 3. The van der Waals surface area contributed by atoms with Gasteiger partial charge in [0.1, 0.15) is 12.0 Å². The van der Waals surface area contributed by atoms with Crippen LogP contribution in [-0.4, -0.2) is 55.0 Å². The Morgan fingerprint density at radius 3 is 2.89 bits per heavy atom. The molecule has 0 radical (unpaired) electrons. The molecule has 18 heavy (non-hydrogen) atoms. The summed E-state index contributed by atoms with van der Waals surface area (Å²) in [6.45, 7) is 4.46. The molecule has 0 bridgehead atoms. The normalized spacial score (nSPS) is 10.4. The number of nitrogen functional groups attached to an aromatic ring is 1. The van der Waals surface area contributed by atoms with Gasteiger partial charge >= 0.3 is 0 Å². The lowest BCUT2D eigenvalue weighted by molar-refractivity contribution is 0.210. The van der Waals surface area contributed by atoms with E-state index >= 15 is 0 Å². The van der Waals surface area contributed by atoms with Crippen molar-refractivity contribution in [2.75, 3.05) is 55.9 Å². The summed E-state index contributed by atoms with van der Waals surface area (Å²) in [6, 6.07) is 0. The highest BCUT2D eigenvalue weighted by molar-refractivity contribution is 5.74. The van der Waals surface area contributed by atoms with Crippen LogP contribution in [0.3, 0.4) is 0 Å². The molecule has 1 heterocycles. The highest BCUT2D eigenvalue weighted by atomic mass is 16.5. The number of methoxy groups -OCH3 is 1. The lowest BCUT2D eigenvalue weighted by atomic mass is 10.3. The second-order valence-electron chi connectivity index (χ2n) is 3.68. The molecule has 0 aliphatic heterocycles. The van der Waals surface area contributed by atoms with E-state index in [1.807, 2.05) is 11.8 Å². The summed E-state index contributed by atoms with van der Waals surface area (Å²) in [4.78, 5) is 10.2. The minimum atomic E-state index is 0.0592. The predicted molar refractivity (Wildman–Crippen MR) is 71.8 cm³/mol. The summed E-state index contributed by atoms with van der Waals surface area (Å²) >= 11 is 0. The summed E-state index contributed by atoms with van der Waals surface area (Å²) in [7, 11) is 1.64. The number of nitrogens with two attached hydrogens (primary N) is 1. The van der Waals surface area contributed by atoms with Gasteiger partial charge in [-0.2, -0.15) is 0 Å². The van der Waals surface area contributed by atoms with Gasteiger partial charge in [-0.3, -0.25) is 0 Å². The third kappa shape index (κ3) is 3.71. The Morgan fingerprint density at radius 1 is 1.50 bits per heavy atom. The second-order valence-corrected chi connectivity index (χ2v) is 3.68. The highest BCUT2D eigenvalue weighted by Crippen LogP contribution is 2.25. The van der Waals surface area contributed by atoms with Crippen molar-refractivity contribution >= 4 is 17.3 Å². The van der Waals surface area contributed by atoms with Gasteiger partial charge in [0, 0.05) is 26.7 Å². The van der Waals surface area contributed by atoms with E-state index in [1.165, 1.54) is 6.33 Å². The molecule has 0 unspecified atom stereocenters. The first-order chi connectivity index (χ1) is 8.74. The lowest BCUT2D eigenvalue weighted by Crippen LogP contribution is -2.28. The summed E-state index contributed by atoms with van der Waals surface area (Å²) in [6.07, 6.45) is 1.46. The number of hydrogen-bond donors (Lipinski definition) is 3. The maximum atomic E-state index is 9.00. The molecule has 0 aliphatic rings. The monoisotopic (exact) mass is 255 g/mol. The number of ether oxygens (including phenoxy) is 1. The van der Waals surface area contributed by atoms with Gasteiger partial charge in [-0.25, -0.2) is 9.97 Å². The zero-order chi connectivity index (χ0) is 13.4. The van der Waals surface area contributed by atoms with Crippen LogP contribution < -0.4 is 16.0 Å². The molecule has 7 nitrogen and oxygen atoms in total. The number of rotatable bonds is 8. The maximum absolute atomic E-state index is 9.00. The summed E-state index contributed by atoms with van der Waals surface area (Å²) in [5.41, 5.74) is 6.51. The van der Waals surface area contributed by atoms with Crippen LogP contribution in [0.5, 0.6) is 0 Å². The van der Waals surface area contributed by atoms with Gasteiger partial charge in [0.25, 0.3) is 0 Å². The Morgan fingerprint density at radius 2 is 2.28 bits per heavy atom. The van der Waals surface area contributed by atoms with Crippen molar-refractivity contribution in [3.05, 3.63) is 6.33 Å². The average Bonchev–Trinajstić information content (AvgIpc) is 2.39. The smallest absolute Gasteiger partial charge is 0.157 e. The van der Waals surface area contributed by atoms with Crippen molar-refractivity contribution in [3.63, 3.8) is 0 Å². The number of hydrogen-bond acceptors (Lipinski definition) is 7. The van der Waals surface area contributed by atoms with E-state index in [9.17, 15) is 0 Å². The molecule has 0 aliphatic carbocycles. The number of anilines is 3.